The zero-order valence-corrected chi connectivity index (χ0v) is 14.1. The average Bonchev–Trinajstić information content (AvgIpc) is 3.01. The van der Waals surface area contributed by atoms with Crippen molar-refractivity contribution in [2.45, 2.75) is 39.7 Å². The smallest absolute Gasteiger partial charge is 0.154 e. The highest BCUT2D eigenvalue weighted by atomic mass is 15.3. The van der Waals surface area contributed by atoms with E-state index in [-0.39, 0.29) is 0 Å². The first-order chi connectivity index (χ1) is 11.8. The molecule has 0 atom stereocenters. The number of nitrogens with zero attached hydrogens (tertiary/aromatic N) is 5. The Labute approximate surface area is 141 Å². The predicted octanol–water partition coefficient (Wildman–Crippen LogP) is 3.64. The highest BCUT2D eigenvalue weighted by molar-refractivity contribution is 5.53. The van der Waals surface area contributed by atoms with Gasteiger partial charge < -0.3 is 5.32 Å². The van der Waals surface area contributed by atoms with E-state index in [2.05, 4.69) is 44.4 Å². The fraction of sp³-hybridized carbons (Fsp3) is 0.333. The minimum atomic E-state index is 0.585. The van der Waals surface area contributed by atoms with E-state index in [1.807, 2.05) is 29.8 Å². The van der Waals surface area contributed by atoms with Gasteiger partial charge in [-0.05, 0) is 31.6 Å². The second-order valence-corrected chi connectivity index (χ2v) is 5.72. The van der Waals surface area contributed by atoms with Crippen LogP contribution in [0.5, 0.6) is 0 Å². The van der Waals surface area contributed by atoms with Crippen LogP contribution in [0, 0.1) is 6.92 Å². The molecule has 0 amide bonds. The minimum absolute atomic E-state index is 0.585. The Morgan fingerprint density at radius 1 is 1.12 bits per heavy atom. The molecule has 0 saturated carbocycles. The Balaban J connectivity index is 1.72. The third-order valence-corrected chi connectivity index (χ3v) is 3.69. The Hall–Kier alpha value is -2.76. The zero-order chi connectivity index (χ0) is 16.8. The first-order valence-corrected chi connectivity index (χ1v) is 8.29. The molecule has 0 bridgehead atoms. The second kappa shape index (κ2) is 7.68. The van der Waals surface area contributed by atoms with Crippen LogP contribution in [0.25, 0.3) is 11.7 Å². The van der Waals surface area contributed by atoms with Crippen molar-refractivity contribution in [2.24, 2.45) is 0 Å². The van der Waals surface area contributed by atoms with Crippen molar-refractivity contribution in [3.05, 3.63) is 53.9 Å². The summed E-state index contributed by atoms with van der Waals surface area (Å²) in [6.45, 7) is 4.70. The van der Waals surface area contributed by atoms with Gasteiger partial charge in [0.15, 0.2) is 5.65 Å². The SMILES string of the molecule is CCCC/C=C/c1cnc2ccc(NCc3cnc(C)cn3)nn12. The molecule has 0 fully saturated rings. The largest absolute Gasteiger partial charge is 0.363 e. The number of fused-ring (bicyclic) bond motifs is 1. The zero-order valence-electron chi connectivity index (χ0n) is 14.1. The van der Waals surface area contributed by atoms with E-state index < -0.39 is 0 Å². The van der Waals surface area contributed by atoms with Crippen LogP contribution in [0.4, 0.5) is 5.82 Å². The molecule has 6 heteroatoms. The Bertz CT molecular complexity index is 819. The van der Waals surface area contributed by atoms with Gasteiger partial charge in [0.2, 0.25) is 0 Å². The van der Waals surface area contributed by atoms with E-state index in [1.165, 1.54) is 12.8 Å². The van der Waals surface area contributed by atoms with Crippen LogP contribution in [0.15, 0.2) is 36.8 Å². The summed E-state index contributed by atoms with van der Waals surface area (Å²) in [5, 5.41) is 7.89. The summed E-state index contributed by atoms with van der Waals surface area (Å²) in [4.78, 5) is 13.0. The van der Waals surface area contributed by atoms with Crippen molar-refractivity contribution in [1.29, 1.82) is 0 Å². The molecule has 0 aliphatic heterocycles. The van der Waals surface area contributed by atoms with Crippen molar-refractivity contribution in [2.75, 3.05) is 5.32 Å². The summed E-state index contributed by atoms with van der Waals surface area (Å²) < 4.78 is 1.85. The number of aromatic nitrogens is 5. The molecule has 3 aromatic heterocycles. The van der Waals surface area contributed by atoms with Gasteiger partial charge in [0.05, 0.1) is 36.0 Å². The van der Waals surface area contributed by atoms with Crippen LogP contribution in [-0.4, -0.2) is 24.6 Å². The molecule has 0 unspecified atom stereocenters. The van der Waals surface area contributed by atoms with Crippen molar-refractivity contribution >= 4 is 17.5 Å². The third-order valence-electron chi connectivity index (χ3n) is 3.69. The molecular formula is C18H22N6. The lowest BCUT2D eigenvalue weighted by molar-refractivity contribution is 0.816. The number of hydrogen-bond acceptors (Lipinski definition) is 5. The maximum Gasteiger partial charge on any atom is 0.154 e. The number of allylic oxidation sites excluding steroid dienone is 1. The summed E-state index contributed by atoms with van der Waals surface area (Å²) in [5.41, 5.74) is 3.62. The van der Waals surface area contributed by atoms with E-state index in [0.717, 1.165) is 35.0 Å². The minimum Gasteiger partial charge on any atom is -0.363 e. The van der Waals surface area contributed by atoms with Crippen molar-refractivity contribution in [3.63, 3.8) is 0 Å². The first-order valence-electron chi connectivity index (χ1n) is 8.29. The van der Waals surface area contributed by atoms with Gasteiger partial charge in [-0.3, -0.25) is 9.97 Å². The van der Waals surface area contributed by atoms with Gasteiger partial charge in [-0.1, -0.05) is 25.8 Å². The second-order valence-electron chi connectivity index (χ2n) is 5.72. The summed E-state index contributed by atoms with van der Waals surface area (Å²) in [6, 6.07) is 3.88. The van der Waals surface area contributed by atoms with Gasteiger partial charge in [0, 0.05) is 6.20 Å². The van der Waals surface area contributed by atoms with Crippen LogP contribution in [0.1, 0.15) is 43.3 Å². The predicted molar refractivity (Wildman–Crippen MR) is 95.6 cm³/mol. The van der Waals surface area contributed by atoms with Crippen molar-refractivity contribution < 1.29 is 0 Å². The first kappa shape index (κ1) is 16.1. The number of hydrogen-bond donors (Lipinski definition) is 1. The summed E-state index contributed by atoms with van der Waals surface area (Å²) in [6.07, 6.45) is 13.1. The highest BCUT2D eigenvalue weighted by Crippen LogP contribution is 2.12. The maximum absolute atomic E-state index is 4.61. The van der Waals surface area contributed by atoms with Crippen LogP contribution in [0.2, 0.25) is 0 Å². The monoisotopic (exact) mass is 322 g/mol. The summed E-state index contributed by atoms with van der Waals surface area (Å²) >= 11 is 0. The molecule has 0 saturated heterocycles. The molecule has 0 aliphatic carbocycles. The molecule has 24 heavy (non-hydrogen) atoms. The fourth-order valence-corrected chi connectivity index (χ4v) is 2.32. The van der Waals surface area contributed by atoms with Crippen molar-refractivity contribution in [3.8, 4) is 0 Å². The van der Waals surface area contributed by atoms with Crippen LogP contribution < -0.4 is 5.32 Å². The Morgan fingerprint density at radius 2 is 2.04 bits per heavy atom. The van der Waals surface area contributed by atoms with E-state index in [9.17, 15) is 0 Å². The molecule has 0 spiro atoms. The molecule has 3 aromatic rings. The molecule has 0 aliphatic rings. The van der Waals surface area contributed by atoms with Crippen LogP contribution >= 0.6 is 0 Å². The topological polar surface area (TPSA) is 68.0 Å². The van der Waals surface area contributed by atoms with Gasteiger partial charge in [-0.2, -0.15) is 0 Å². The van der Waals surface area contributed by atoms with Crippen molar-refractivity contribution in [1.82, 2.24) is 24.6 Å². The molecule has 124 valence electrons. The molecule has 3 rings (SSSR count). The normalized spacial score (nSPS) is 11.4. The summed E-state index contributed by atoms with van der Waals surface area (Å²) in [5.74, 6) is 0.783. The van der Waals surface area contributed by atoms with Gasteiger partial charge in [-0.15, -0.1) is 5.10 Å². The lowest BCUT2D eigenvalue weighted by atomic mass is 10.2. The van der Waals surface area contributed by atoms with Gasteiger partial charge in [0.1, 0.15) is 5.82 Å². The number of nitrogens with one attached hydrogen (secondary N) is 1. The molecule has 3 heterocycles. The highest BCUT2D eigenvalue weighted by Gasteiger charge is 2.04. The van der Waals surface area contributed by atoms with E-state index in [4.69, 9.17) is 0 Å². The molecule has 0 aromatic carbocycles. The lowest BCUT2D eigenvalue weighted by Crippen LogP contribution is -2.06. The van der Waals surface area contributed by atoms with Gasteiger partial charge in [0.25, 0.3) is 0 Å². The summed E-state index contributed by atoms with van der Waals surface area (Å²) in [7, 11) is 0. The molecule has 0 radical (unpaired) electrons. The van der Waals surface area contributed by atoms with Gasteiger partial charge >= 0.3 is 0 Å². The number of anilines is 1. The van der Waals surface area contributed by atoms with Gasteiger partial charge in [-0.25, -0.2) is 9.50 Å². The number of rotatable bonds is 7. The standard InChI is InChI=1S/C18H22N6/c1-3-4-5-6-7-16-13-22-18-9-8-17(23-24(16)18)21-12-15-11-19-14(2)10-20-15/h6-11,13H,3-5,12H2,1-2H3,(H,21,23)/b7-6+. The molecular weight excluding hydrogens is 300 g/mol. The Kier molecular flexibility index (Phi) is 5.15. The average molecular weight is 322 g/mol. The maximum atomic E-state index is 4.61. The van der Waals surface area contributed by atoms with E-state index >= 15 is 0 Å². The third kappa shape index (κ3) is 3.95. The van der Waals surface area contributed by atoms with Crippen LogP contribution in [0.3, 0.4) is 0 Å². The Morgan fingerprint density at radius 3 is 2.83 bits per heavy atom. The quantitative estimate of drug-likeness (QED) is 0.673. The lowest BCUT2D eigenvalue weighted by Gasteiger charge is -2.06. The van der Waals surface area contributed by atoms with E-state index in [1.54, 1.807) is 12.4 Å². The molecule has 6 nitrogen and oxygen atoms in total. The van der Waals surface area contributed by atoms with E-state index in [0.29, 0.717) is 6.54 Å². The number of aryl methyl sites for hydroxylation is 1. The number of unbranched alkanes of at least 4 members (excludes halogenated alkanes) is 2. The molecule has 1 N–H and O–H groups in total. The van der Waals surface area contributed by atoms with Crippen LogP contribution in [-0.2, 0) is 6.54 Å². The fourth-order valence-electron chi connectivity index (χ4n) is 2.32. The number of imidazole rings is 1.